The Balaban J connectivity index is 3.09. The van der Waals surface area contributed by atoms with E-state index in [2.05, 4.69) is 0 Å². The van der Waals surface area contributed by atoms with E-state index in [0.717, 1.165) is 5.56 Å². The monoisotopic (exact) mass is 250 g/mol. The molecule has 0 aromatic heterocycles. The topological polar surface area (TPSA) is 66.8 Å². The molecule has 18 heavy (non-hydrogen) atoms. The van der Waals surface area contributed by atoms with Gasteiger partial charge in [0.25, 0.3) is 0 Å². The maximum atomic E-state index is 10.9. The molecule has 0 unspecified atom stereocenters. The van der Waals surface area contributed by atoms with E-state index in [1.54, 1.807) is 12.1 Å². The Morgan fingerprint density at radius 2 is 1.94 bits per heavy atom. The van der Waals surface area contributed by atoms with Crippen molar-refractivity contribution in [2.75, 3.05) is 6.61 Å². The minimum absolute atomic E-state index is 0.0748. The summed E-state index contributed by atoms with van der Waals surface area (Å²) in [6, 6.07) is 5.22. The molecule has 0 atom stereocenters. The highest BCUT2D eigenvalue weighted by atomic mass is 16.5. The molecule has 0 saturated heterocycles. The lowest BCUT2D eigenvalue weighted by Gasteiger charge is -2.21. The first-order chi connectivity index (χ1) is 8.21. The molecule has 0 radical (unpaired) electrons. The first-order valence-electron chi connectivity index (χ1n) is 5.84. The van der Waals surface area contributed by atoms with E-state index in [4.69, 9.17) is 4.74 Å². The quantitative estimate of drug-likeness (QED) is 0.769. The molecule has 0 aliphatic heterocycles. The maximum absolute atomic E-state index is 10.9. The molecule has 0 saturated carbocycles. The molecule has 1 aromatic rings. The average molecular weight is 250 g/mol. The summed E-state index contributed by atoms with van der Waals surface area (Å²) in [6.07, 6.45) is 0. The van der Waals surface area contributed by atoms with Gasteiger partial charge in [-0.2, -0.15) is 0 Å². The van der Waals surface area contributed by atoms with Gasteiger partial charge in [-0.05, 0) is 24.0 Å². The molecule has 0 amide bonds. The minimum Gasteiger partial charge on any atom is -0.486 e. The lowest BCUT2D eigenvalue weighted by Crippen LogP contribution is -2.33. The first kappa shape index (κ1) is 14.7. The van der Waals surface area contributed by atoms with Crippen LogP contribution in [0.5, 0.6) is 5.75 Å². The van der Waals surface area contributed by atoms with Crippen molar-refractivity contribution in [2.24, 2.45) is 0 Å². The van der Waals surface area contributed by atoms with Crippen LogP contribution in [0.1, 0.15) is 33.3 Å². The summed E-state index contributed by atoms with van der Waals surface area (Å²) < 4.78 is 5.26. The summed E-state index contributed by atoms with van der Waals surface area (Å²) in [5.41, 5.74) is 1.16. The summed E-state index contributed by atoms with van der Waals surface area (Å²) in [7, 11) is -1.62. The Morgan fingerprint density at radius 3 is 2.39 bits per heavy atom. The van der Waals surface area contributed by atoms with Gasteiger partial charge >= 0.3 is 7.12 Å². The summed E-state index contributed by atoms with van der Waals surface area (Å²) in [6.45, 7) is 7.44. The predicted molar refractivity (Wildman–Crippen MR) is 71.1 cm³/mol. The highest BCUT2D eigenvalue weighted by molar-refractivity contribution is 6.59. The van der Waals surface area contributed by atoms with Crippen LogP contribution in [0.25, 0.3) is 0 Å². The van der Waals surface area contributed by atoms with Crippen molar-refractivity contribution in [1.29, 1.82) is 0 Å². The molecule has 5 heteroatoms. The van der Waals surface area contributed by atoms with Crippen molar-refractivity contribution in [3.05, 3.63) is 23.8 Å². The SMILES string of the molecule is CC(=O)COc1ccc(C(C)(C)C)cc1B(O)O. The third kappa shape index (κ3) is 3.86. The molecular weight excluding hydrogens is 231 g/mol. The van der Waals surface area contributed by atoms with Crippen LogP contribution in [0.15, 0.2) is 18.2 Å². The van der Waals surface area contributed by atoms with E-state index >= 15 is 0 Å². The van der Waals surface area contributed by atoms with Gasteiger partial charge in [0.2, 0.25) is 0 Å². The van der Waals surface area contributed by atoms with E-state index in [0.29, 0.717) is 5.75 Å². The Labute approximate surface area is 108 Å². The molecular formula is C13H19BO4. The summed E-state index contributed by atoms with van der Waals surface area (Å²) in [5, 5.41) is 18.7. The van der Waals surface area contributed by atoms with Crippen molar-refractivity contribution >= 4 is 18.4 Å². The summed E-state index contributed by atoms with van der Waals surface area (Å²) in [5.74, 6) is 0.210. The Hall–Kier alpha value is -1.33. The van der Waals surface area contributed by atoms with Crippen LogP contribution in [0, 0.1) is 0 Å². The third-order valence-corrected chi connectivity index (χ3v) is 2.58. The fraction of sp³-hybridized carbons (Fsp3) is 0.462. The van der Waals surface area contributed by atoms with E-state index in [1.165, 1.54) is 6.92 Å². The van der Waals surface area contributed by atoms with Gasteiger partial charge in [0, 0.05) is 5.46 Å². The number of benzene rings is 1. The number of Topliss-reactive ketones (excluding diaryl/α,β-unsaturated/α-hetero) is 1. The second-order valence-corrected chi connectivity index (χ2v) is 5.37. The smallest absolute Gasteiger partial charge is 0.486 e. The van der Waals surface area contributed by atoms with Crippen LogP contribution in [-0.2, 0) is 10.2 Å². The van der Waals surface area contributed by atoms with Crippen LogP contribution in [-0.4, -0.2) is 29.6 Å². The largest absolute Gasteiger partial charge is 0.492 e. The molecule has 98 valence electrons. The van der Waals surface area contributed by atoms with Gasteiger partial charge in [-0.25, -0.2) is 0 Å². The molecule has 4 nitrogen and oxygen atoms in total. The molecule has 0 spiro atoms. The molecule has 1 rings (SSSR count). The zero-order chi connectivity index (χ0) is 13.9. The number of carbonyl (C=O) groups excluding carboxylic acids is 1. The van der Waals surface area contributed by atoms with Crippen LogP contribution in [0.2, 0.25) is 0 Å². The van der Waals surface area contributed by atoms with Gasteiger partial charge < -0.3 is 14.8 Å². The lowest BCUT2D eigenvalue weighted by molar-refractivity contribution is -0.118. The molecule has 2 N–H and O–H groups in total. The zero-order valence-electron chi connectivity index (χ0n) is 11.2. The average Bonchev–Trinajstić information content (AvgIpc) is 2.24. The van der Waals surface area contributed by atoms with Crippen molar-refractivity contribution in [3.8, 4) is 5.75 Å². The normalized spacial score (nSPS) is 11.2. The van der Waals surface area contributed by atoms with Crippen molar-refractivity contribution in [3.63, 3.8) is 0 Å². The summed E-state index contributed by atoms with van der Waals surface area (Å²) >= 11 is 0. The standard InChI is InChI=1S/C13H19BO4/c1-9(15)8-18-12-6-5-10(13(2,3)4)7-11(12)14(16)17/h5-7,16-17H,8H2,1-4H3. The highest BCUT2D eigenvalue weighted by Gasteiger charge is 2.22. The highest BCUT2D eigenvalue weighted by Crippen LogP contribution is 2.23. The lowest BCUT2D eigenvalue weighted by atomic mass is 9.75. The predicted octanol–water partition coefficient (Wildman–Crippen LogP) is 0.632. The molecule has 0 aliphatic carbocycles. The minimum atomic E-state index is -1.62. The van der Waals surface area contributed by atoms with Gasteiger partial charge in [0.1, 0.15) is 12.4 Å². The van der Waals surface area contributed by atoms with Crippen molar-refractivity contribution in [2.45, 2.75) is 33.1 Å². The number of carbonyl (C=O) groups is 1. The Morgan fingerprint density at radius 1 is 1.33 bits per heavy atom. The van der Waals surface area contributed by atoms with Crippen LogP contribution in [0.4, 0.5) is 0 Å². The molecule has 0 fully saturated rings. The van der Waals surface area contributed by atoms with Gasteiger partial charge in [-0.1, -0.05) is 32.9 Å². The van der Waals surface area contributed by atoms with E-state index in [1.807, 2.05) is 26.8 Å². The maximum Gasteiger partial charge on any atom is 0.492 e. The van der Waals surface area contributed by atoms with Crippen LogP contribution < -0.4 is 10.2 Å². The van der Waals surface area contributed by atoms with Gasteiger partial charge in [0.15, 0.2) is 5.78 Å². The van der Waals surface area contributed by atoms with Gasteiger partial charge in [-0.15, -0.1) is 0 Å². The van der Waals surface area contributed by atoms with Gasteiger partial charge in [-0.3, -0.25) is 4.79 Å². The summed E-state index contributed by atoms with van der Waals surface area (Å²) in [4.78, 5) is 10.9. The van der Waals surface area contributed by atoms with E-state index in [-0.39, 0.29) is 23.3 Å². The fourth-order valence-electron chi connectivity index (χ4n) is 1.53. The Kier molecular flexibility index (Phi) is 4.54. The number of hydrogen-bond acceptors (Lipinski definition) is 4. The van der Waals surface area contributed by atoms with Crippen LogP contribution >= 0.6 is 0 Å². The fourth-order valence-corrected chi connectivity index (χ4v) is 1.53. The van der Waals surface area contributed by atoms with Crippen molar-refractivity contribution < 1.29 is 19.6 Å². The Bertz CT molecular complexity index is 435. The second-order valence-electron chi connectivity index (χ2n) is 5.37. The van der Waals surface area contributed by atoms with Crippen molar-refractivity contribution in [1.82, 2.24) is 0 Å². The van der Waals surface area contributed by atoms with Gasteiger partial charge in [0.05, 0.1) is 0 Å². The van der Waals surface area contributed by atoms with Crippen LogP contribution in [0.3, 0.4) is 0 Å². The molecule has 0 aliphatic rings. The third-order valence-electron chi connectivity index (χ3n) is 2.58. The number of rotatable bonds is 4. The number of ketones is 1. The second kappa shape index (κ2) is 5.54. The molecule has 1 aromatic carbocycles. The molecule has 0 bridgehead atoms. The molecule has 0 heterocycles. The van der Waals surface area contributed by atoms with E-state index in [9.17, 15) is 14.8 Å². The first-order valence-corrected chi connectivity index (χ1v) is 5.84. The number of ether oxygens (including phenoxy) is 1. The number of hydrogen-bond donors (Lipinski definition) is 2. The van der Waals surface area contributed by atoms with E-state index < -0.39 is 7.12 Å². The zero-order valence-corrected chi connectivity index (χ0v) is 11.2.